The third-order valence-corrected chi connectivity index (χ3v) is 2.21. The molecular formula is C12H10BN. The molecule has 2 aromatic rings. The summed E-state index contributed by atoms with van der Waals surface area (Å²) in [5.41, 5.74) is 4.05. The number of aryl methyl sites for hydroxylation is 1. The molecule has 0 spiro atoms. The molecule has 2 rings (SSSR count). The maximum absolute atomic E-state index is 5.58. The highest BCUT2D eigenvalue weighted by atomic mass is 14.7. The van der Waals surface area contributed by atoms with Crippen molar-refractivity contribution in [3.05, 3.63) is 48.2 Å². The molecule has 0 fully saturated rings. The van der Waals surface area contributed by atoms with Crippen molar-refractivity contribution in [2.24, 2.45) is 0 Å². The molecule has 2 heteroatoms. The molecule has 2 radical (unpaired) electrons. The molecule has 66 valence electrons. The summed E-state index contributed by atoms with van der Waals surface area (Å²) < 4.78 is 0. The van der Waals surface area contributed by atoms with E-state index in [9.17, 15) is 0 Å². The Morgan fingerprint density at radius 2 is 1.86 bits per heavy atom. The monoisotopic (exact) mass is 179 g/mol. The molecule has 0 aliphatic heterocycles. The Morgan fingerprint density at radius 1 is 1.07 bits per heavy atom. The van der Waals surface area contributed by atoms with Gasteiger partial charge >= 0.3 is 0 Å². The van der Waals surface area contributed by atoms with Crippen molar-refractivity contribution < 1.29 is 0 Å². The zero-order valence-corrected chi connectivity index (χ0v) is 8.07. The van der Waals surface area contributed by atoms with Gasteiger partial charge in [-0.25, -0.2) is 0 Å². The van der Waals surface area contributed by atoms with Crippen LogP contribution < -0.4 is 5.46 Å². The van der Waals surface area contributed by atoms with Crippen LogP contribution in [0.2, 0.25) is 0 Å². The van der Waals surface area contributed by atoms with Gasteiger partial charge in [-0.1, -0.05) is 35.8 Å². The second-order valence-electron chi connectivity index (χ2n) is 3.29. The Hall–Kier alpha value is -1.57. The molecule has 0 N–H and O–H groups in total. The molecule has 1 aromatic heterocycles. The summed E-state index contributed by atoms with van der Waals surface area (Å²) in [6.07, 6.45) is 1.68. The van der Waals surface area contributed by atoms with Crippen LogP contribution in [0.1, 0.15) is 5.56 Å². The minimum atomic E-state index is 0.697. The van der Waals surface area contributed by atoms with Gasteiger partial charge in [-0.15, -0.1) is 0 Å². The summed E-state index contributed by atoms with van der Waals surface area (Å²) in [4.78, 5) is 4.28. The van der Waals surface area contributed by atoms with Gasteiger partial charge in [0.05, 0.1) is 5.69 Å². The highest BCUT2D eigenvalue weighted by molar-refractivity contribution is 6.32. The molecule has 0 saturated carbocycles. The Morgan fingerprint density at radius 3 is 2.50 bits per heavy atom. The number of pyridine rings is 1. The summed E-state index contributed by atoms with van der Waals surface area (Å²) in [6.45, 7) is 2.08. The van der Waals surface area contributed by atoms with Gasteiger partial charge < -0.3 is 0 Å². The van der Waals surface area contributed by atoms with E-state index in [2.05, 4.69) is 24.0 Å². The Kier molecular flexibility index (Phi) is 2.36. The van der Waals surface area contributed by atoms with E-state index in [-0.39, 0.29) is 0 Å². The number of hydrogen-bond acceptors (Lipinski definition) is 1. The molecule has 0 aliphatic carbocycles. The summed E-state index contributed by atoms with van der Waals surface area (Å²) >= 11 is 0. The molecule has 1 heterocycles. The first-order chi connectivity index (χ1) is 6.77. The standard InChI is InChI=1S/C12H10BN/c1-9-4-2-3-5-11(9)12-7-6-10(13)8-14-12/h2-8H,1H3. The van der Waals surface area contributed by atoms with E-state index < -0.39 is 0 Å². The van der Waals surface area contributed by atoms with E-state index in [1.54, 1.807) is 6.20 Å². The zero-order chi connectivity index (χ0) is 9.97. The smallest absolute Gasteiger partial charge is 0.115 e. The van der Waals surface area contributed by atoms with E-state index in [0.29, 0.717) is 5.46 Å². The second-order valence-corrected chi connectivity index (χ2v) is 3.29. The maximum Gasteiger partial charge on any atom is 0.115 e. The molecule has 0 amide bonds. The lowest BCUT2D eigenvalue weighted by Crippen LogP contribution is -2.02. The summed E-state index contributed by atoms with van der Waals surface area (Å²) in [5.74, 6) is 0. The van der Waals surface area contributed by atoms with Crippen LogP contribution >= 0.6 is 0 Å². The topological polar surface area (TPSA) is 12.9 Å². The van der Waals surface area contributed by atoms with Gasteiger partial charge in [0.2, 0.25) is 0 Å². The minimum absolute atomic E-state index is 0.697. The largest absolute Gasteiger partial charge is 0.257 e. The van der Waals surface area contributed by atoms with Gasteiger partial charge in [0.15, 0.2) is 0 Å². The predicted molar refractivity (Wildman–Crippen MR) is 59.8 cm³/mol. The lowest BCUT2D eigenvalue weighted by molar-refractivity contribution is 1.32. The van der Waals surface area contributed by atoms with Crippen molar-refractivity contribution in [1.29, 1.82) is 0 Å². The van der Waals surface area contributed by atoms with Crippen LogP contribution in [0, 0.1) is 6.92 Å². The number of nitrogens with zero attached hydrogens (tertiary/aromatic N) is 1. The first-order valence-electron chi connectivity index (χ1n) is 4.55. The fourth-order valence-corrected chi connectivity index (χ4v) is 1.42. The van der Waals surface area contributed by atoms with Crippen LogP contribution in [0.3, 0.4) is 0 Å². The predicted octanol–water partition coefficient (Wildman–Crippen LogP) is 1.85. The van der Waals surface area contributed by atoms with Gasteiger partial charge in [0, 0.05) is 11.8 Å². The lowest BCUT2D eigenvalue weighted by Gasteiger charge is -2.04. The zero-order valence-electron chi connectivity index (χ0n) is 8.07. The first-order valence-corrected chi connectivity index (χ1v) is 4.55. The van der Waals surface area contributed by atoms with Crippen LogP contribution in [-0.4, -0.2) is 12.8 Å². The average molecular weight is 179 g/mol. The molecule has 0 saturated heterocycles. The molecule has 14 heavy (non-hydrogen) atoms. The van der Waals surface area contributed by atoms with Crippen LogP contribution in [0.25, 0.3) is 11.3 Å². The Labute approximate surface area is 85.2 Å². The van der Waals surface area contributed by atoms with Crippen LogP contribution in [0.4, 0.5) is 0 Å². The van der Waals surface area contributed by atoms with E-state index in [0.717, 1.165) is 11.3 Å². The third kappa shape index (κ3) is 1.69. The molecule has 0 bridgehead atoms. The van der Waals surface area contributed by atoms with E-state index in [1.165, 1.54) is 5.56 Å². The minimum Gasteiger partial charge on any atom is -0.257 e. The van der Waals surface area contributed by atoms with E-state index >= 15 is 0 Å². The fourth-order valence-electron chi connectivity index (χ4n) is 1.42. The van der Waals surface area contributed by atoms with Crippen molar-refractivity contribution in [1.82, 2.24) is 4.98 Å². The van der Waals surface area contributed by atoms with Gasteiger partial charge in [0.1, 0.15) is 7.85 Å². The summed E-state index contributed by atoms with van der Waals surface area (Å²) in [5, 5.41) is 0. The van der Waals surface area contributed by atoms with Gasteiger partial charge in [-0.2, -0.15) is 0 Å². The van der Waals surface area contributed by atoms with Crippen molar-refractivity contribution in [2.45, 2.75) is 6.92 Å². The lowest BCUT2D eigenvalue weighted by atomic mass is 9.97. The number of rotatable bonds is 1. The fraction of sp³-hybridized carbons (Fsp3) is 0.0833. The summed E-state index contributed by atoms with van der Waals surface area (Å²) in [6, 6.07) is 12.0. The summed E-state index contributed by atoms with van der Waals surface area (Å²) in [7, 11) is 5.58. The van der Waals surface area contributed by atoms with Gasteiger partial charge in [-0.05, 0) is 18.6 Å². The number of benzene rings is 1. The quantitative estimate of drug-likeness (QED) is 0.608. The van der Waals surface area contributed by atoms with E-state index in [4.69, 9.17) is 7.85 Å². The third-order valence-electron chi connectivity index (χ3n) is 2.21. The molecule has 0 atom stereocenters. The molecule has 1 aromatic carbocycles. The van der Waals surface area contributed by atoms with Gasteiger partial charge in [0.25, 0.3) is 0 Å². The van der Waals surface area contributed by atoms with Crippen molar-refractivity contribution >= 4 is 13.3 Å². The number of hydrogen-bond donors (Lipinski definition) is 0. The Bertz CT molecular complexity index is 434. The van der Waals surface area contributed by atoms with Gasteiger partial charge in [-0.3, -0.25) is 4.98 Å². The van der Waals surface area contributed by atoms with Crippen molar-refractivity contribution in [3.8, 4) is 11.3 Å². The normalized spacial score (nSPS) is 10.1. The van der Waals surface area contributed by atoms with E-state index in [1.807, 2.05) is 24.3 Å². The Balaban J connectivity index is 2.50. The van der Waals surface area contributed by atoms with Crippen molar-refractivity contribution in [2.75, 3.05) is 0 Å². The highest BCUT2D eigenvalue weighted by Crippen LogP contribution is 2.19. The molecule has 0 unspecified atom stereocenters. The average Bonchev–Trinajstić information content (AvgIpc) is 2.20. The first kappa shape index (κ1) is 9.01. The second kappa shape index (κ2) is 3.66. The van der Waals surface area contributed by atoms with Crippen LogP contribution in [-0.2, 0) is 0 Å². The highest BCUT2D eigenvalue weighted by Gasteiger charge is 2.00. The van der Waals surface area contributed by atoms with Crippen molar-refractivity contribution in [3.63, 3.8) is 0 Å². The molecule has 1 nitrogen and oxygen atoms in total. The SMILES string of the molecule is [B]c1ccc(-c2ccccc2C)nc1. The molecule has 0 aliphatic rings. The maximum atomic E-state index is 5.58. The van der Waals surface area contributed by atoms with Crippen LogP contribution in [0.15, 0.2) is 42.6 Å². The van der Waals surface area contributed by atoms with Crippen LogP contribution in [0.5, 0.6) is 0 Å². The molecular weight excluding hydrogens is 169 g/mol. The number of aromatic nitrogens is 1.